The highest BCUT2D eigenvalue weighted by atomic mass is 16.6. The lowest BCUT2D eigenvalue weighted by atomic mass is 9.86. The third-order valence-electron chi connectivity index (χ3n) is 4.90. The fourth-order valence-corrected chi connectivity index (χ4v) is 3.35. The van der Waals surface area contributed by atoms with Gasteiger partial charge in [0.25, 0.3) is 0 Å². The number of hydrogen-bond donors (Lipinski definition) is 0. The highest BCUT2D eigenvalue weighted by Crippen LogP contribution is 2.34. The monoisotopic (exact) mass is 365 g/mol. The quantitative estimate of drug-likeness (QED) is 0.531. The third-order valence-corrected chi connectivity index (χ3v) is 4.90. The zero-order chi connectivity index (χ0) is 19.2. The number of carbonyl (C=O) groups excluding carboxylic acids is 1. The molecule has 0 aliphatic heterocycles. The maximum Gasteiger partial charge on any atom is 0.409 e. The number of hydrogen-bond acceptors (Lipinski definition) is 3. The normalized spacial score (nSPS) is 13.3. The van der Waals surface area contributed by atoms with Crippen LogP contribution >= 0.6 is 0 Å². The van der Waals surface area contributed by atoms with Crippen LogP contribution in [-0.4, -0.2) is 31.7 Å². The molecule has 0 fully saturated rings. The summed E-state index contributed by atoms with van der Waals surface area (Å²) in [5.41, 5.74) is 2.19. The van der Waals surface area contributed by atoms with Gasteiger partial charge in [-0.2, -0.15) is 0 Å². The maximum absolute atomic E-state index is 11.7. The molecule has 3 aromatic rings. The largest absolute Gasteiger partial charge is 0.461 e. The average Bonchev–Trinajstić information content (AvgIpc) is 3.12. The van der Waals surface area contributed by atoms with E-state index in [1.165, 1.54) is 10.5 Å². The van der Waals surface area contributed by atoms with Gasteiger partial charge in [0.2, 0.25) is 0 Å². The molecule has 1 heterocycles. The fourth-order valence-electron chi connectivity index (χ4n) is 3.35. The van der Waals surface area contributed by atoms with Crippen molar-refractivity contribution in [2.75, 3.05) is 20.7 Å². The first kappa shape index (κ1) is 19.0. The molecule has 0 unspecified atom stereocenters. The molecule has 27 heavy (non-hydrogen) atoms. The minimum atomic E-state index is -0.299. The lowest BCUT2D eigenvalue weighted by Gasteiger charge is -2.21. The van der Waals surface area contributed by atoms with Crippen molar-refractivity contribution in [3.63, 3.8) is 0 Å². The molecule has 1 amide bonds. The predicted molar refractivity (Wildman–Crippen MR) is 108 cm³/mol. The lowest BCUT2D eigenvalue weighted by Crippen LogP contribution is -2.23. The number of amides is 1. The van der Waals surface area contributed by atoms with E-state index in [0.29, 0.717) is 12.5 Å². The van der Waals surface area contributed by atoms with Crippen molar-refractivity contribution < 1.29 is 13.9 Å². The number of fused-ring (bicyclic) bond motifs is 1. The van der Waals surface area contributed by atoms with Crippen LogP contribution in [0.4, 0.5) is 4.79 Å². The van der Waals surface area contributed by atoms with Crippen molar-refractivity contribution >= 4 is 17.1 Å². The second-order valence-electron chi connectivity index (χ2n) is 7.23. The van der Waals surface area contributed by atoms with Gasteiger partial charge in [0, 0.05) is 25.4 Å². The number of benzene rings is 2. The molecule has 0 saturated heterocycles. The molecule has 3 rings (SSSR count). The van der Waals surface area contributed by atoms with Gasteiger partial charge in [-0.3, -0.25) is 0 Å². The Morgan fingerprint density at radius 1 is 1.07 bits per heavy atom. The summed E-state index contributed by atoms with van der Waals surface area (Å²) in [6, 6.07) is 20.6. The molecule has 0 radical (unpaired) electrons. The van der Waals surface area contributed by atoms with Gasteiger partial charge in [0.15, 0.2) is 0 Å². The van der Waals surface area contributed by atoms with E-state index >= 15 is 0 Å². The summed E-state index contributed by atoms with van der Waals surface area (Å²) in [7, 11) is 3.39. The van der Waals surface area contributed by atoms with Crippen LogP contribution in [-0.2, 0) is 4.74 Å². The van der Waals surface area contributed by atoms with Gasteiger partial charge in [-0.15, -0.1) is 0 Å². The van der Waals surface area contributed by atoms with Gasteiger partial charge < -0.3 is 14.1 Å². The topological polar surface area (TPSA) is 42.7 Å². The van der Waals surface area contributed by atoms with Crippen LogP contribution < -0.4 is 0 Å². The van der Waals surface area contributed by atoms with Gasteiger partial charge in [-0.25, -0.2) is 4.79 Å². The van der Waals surface area contributed by atoms with Crippen molar-refractivity contribution in [3.05, 3.63) is 72.0 Å². The van der Waals surface area contributed by atoms with Crippen LogP contribution in [0.1, 0.15) is 42.9 Å². The minimum Gasteiger partial charge on any atom is -0.461 e. The first-order valence-electron chi connectivity index (χ1n) is 9.42. The SMILES string of the molecule is C[C@@H](C[C@H](CCOC(=O)N(C)C)c1ccccc1)c1cc2ccccc2o1. The molecule has 4 nitrogen and oxygen atoms in total. The second-order valence-corrected chi connectivity index (χ2v) is 7.23. The molecule has 1 aromatic heterocycles. The molecule has 0 aliphatic rings. The first-order valence-corrected chi connectivity index (χ1v) is 9.42. The zero-order valence-electron chi connectivity index (χ0n) is 16.2. The Balaban J connectivity index is 1.71. The maximum atomic E-state index is 11.7. The molecule has 0 aliphatic carbocycles. The van der Waals surface area contributed by atoms with E-state index in [2.05, 4.69) is 43.3 Å². The smallest absolute Gasteiger partial charge is 0.409 e. The standard InChI is InChI=1S/C23H27NO3/c1-17(22-16-20-11-7-8-12-21(20)27-22)15-19(18-9-5-4-6-10-18)13-14-26-23(25)24(2)3/h4-12,16-17,19H,13-15H2,1-3H3/t17-,19-/m0/s1. The molecule has 0 bridgehead atoms. The van der Waals surface area contributed by atoms with E-state index in [4.69, 9.17) is 9.15 Å². The van der Waals surface area contributed by atoms with E-state index < -0.39 is 0 Å². The fraction of sp³-hybridized carbons (Fsp3) is 0.348. The minimum absolute atomic E-state index is 0.271. The van der Waals surface area contributed by atoms with E-state index in [1.807, 2.05) is 24.3 Å². The Morgan fingerprint density at radius 2 is 1.78 bits per heavy atom. The van der Waals surface area contributed by atoms with E-state index in [1.54, 1.807) is 14.1 Å². The number of nitrogens with zero attached hydrogens (tertiary/aromatic N) is 1. The van der Waals surface area contributed by atoms with Gasteiger partial charge in [-0.1, -0.05) is 55.5 Å². The first-order chi connectivity index (χ1) is 13.0. The van der Waals surface area contributed by atoms with Crippen LogP contribution in [0.25, 0.3) is 11.0 Å². The third kappa shape index (κ3) is 4.91. The number of para-hydroxylation sites is 1. The molecular formula is C23H27NO3. The summed E-state index contributed by atoms with van der Waals surface area (Å²) in [6.07, 6.45) is 1.42. The molecule has 0 saturated carbocycles. The summed E-state index contributed by atoms with van der Waals surface area (Å²) in [5.74, 6) is 1.57. The highest BCUT2D eigenvalue weighted by Gasteiger charge is 2.20. The molecule has 2 aromatic carbocycles. The highest BCUT2D eigenvalue weighted by molar-refractivity contribution is 5.77. The molecule has 2 atom stereocenters. The molecule has 0 N–H and O–H groups in total. The number of furan rings is 1. The van der Waals surface area contributed by atoms with E-state index in [9.17, 15) is 4.79 Å². The van der Waals surface area contributed by atoms with E-state index in [-0.39, 0.29) is 12.0 Å². The van der Waals surface area contributed by atoms with Gasteiger partial charge >= 0.3 is 6.09 Å². The van der Waals surface area contributed by atoms with Gasteiger partial charge in [0.1, 0.15) is 11.3 Å². The van der Waals surface area contributed by atoms with Crippen molar-refractivity contribution in [1.29, 1.82) is 0 Å². The Bertz CT molecular complexity index is 836. The zero-order valence-corrected chi connectivity index (χ0v) is 16.2. The Morgan fingerprint density at radius 3 is 2.48 bits per heavy atom. The van der Waals surface area contributed by atoms with Crippen molar-refractivity contribution in [1.82, 2.24) is 4.90 Å². The Hall–Kier alpha value is -2.75. The predicted octanol–water partition coefficient (Wildman–Crippen LogP) is 5.80. The summed E-state index contributed by atoms with van der Waals surface area (Å²) < 4.78 is 11.4. The summed E-state index contributed by atoms with van der Waals surface area (Å²) in [6.45, 7) is 2.60. The molecular weight excluding hydrogens is 338 g/mol. The number of carbonyl (C=O) groups is 1. The summed E-state index contributed by atoms with van der Waals surface area (Å²) in [4.78, 5) is 13.1. The van der Waals surface area contributed by atoms with Crippen LogP contribution in [0.2, 0.25) is 0 Å². The molecule has 4 heteroatoms. The summed E-state index contributed by atoms with van der Waals surface area (Å²) >= 11 is 0. The van der Waals surface area contributed by atoms with Crippen LogP contribution in [0.5, 0.6) is 0 Å². The van der Waals surface area contributed by atoms with Crippen molar-refractivity contribution in [2.45, 2.75) is 31.6 Å². The second kappa shape index (κ2) is 8.76. The summed E-state index contributed by atoms with van der Waals surface area (Å²) in [5, 5.41) is 1.13. The van der Waals surface area contributed by atoms with Gasteiger partial charge in [0.05, 0.1) is 6.61 Å². The van der Waals surface area contributed by atoms with Crippen LogP contribution in [0.15, 0.2) is 65.1 Å². The number of ether oxygens (including phenoxy) is 1. The van der Waals surface area contributed by atoms with Crippen LogP contribution in [0.3, 0.4) is 0 Å². The average molecular weight is 365 g/mol. The molecule has 142 valence electrons. The lowest BCUT2D eigenvalue weighted by molar-refractivity contribution is 0.114. The van der Waals surface area contributed by atoms with Crippen molar-refractivity contribution in [3.8, 4) is 0 Å². The Labute approximate surface area is 160 Å². The Kier molecular flexibility index (Phi) is 6.17. The van der Waals surface area contributed by atoms with E-state index in [0.717, 1.165) is 29.6 Å². The van der Waals surface area contributed by atoms with Crippen LogP contribution in [0, 0.1) is 0 Å². The number of rotatable bonds is 7. The van der Waals surface area contributed by atoms with Gasteiger partial charge in [-0.05, 0) is 36.5 Å². The molecule has 0 spiro atoms. The van der Waals surface area contributed by atoms with Crippen molar-refractivity contribution in [2.24, 2.45) is 0 Å².